The fraction of sp³-hybridized carbons (Fsp3) is 0.125. The molecule has 3 aromatic rings. The van der Waals surface area contributed by atoms with Crippen LogP contribution in [0.15, 0.2) is 42.5 Å². The summed E-state index contributed by atoms with van der Waals surface area (Å²) in [6.07, 6.45) is 0.970. The van der Waals surface area contributed by atoms with Gasteiger partial charge in [0.1, 0.15) is 5.82 Å². The lowest BCUT2D eigenvalue weighted by Gasteiger charge is -2.08. The first kappa shape index (κ1) is 11.7. The van der Waals surface area contributed by atoms with Crippen molar-refractivity contribution in [3.63, 3.8) is 0 Å². The SMILES string of the molecule is Cc1nnc(Cl)n1-c1ccc2c(c1)Cc1ccccc1-2. The molecule has 1 aromatic heterocycles. The number of hydrogen-bond donors (Lipinski definition) is 0. The molecular weight excluding hydrogens is 270 g/mol. The highest BCUT2D eigenvalue weighted by atomic mass is 35.5. The van der Waals surface area contributed by atoms with Crippen molar-refractivity contribution in [1.29, 1.82) is 0 Å². The van der Waals surface area contributed by atoms with Gasteiger partial charge in [-0.3, -0.25) is 4.57 Å². The molecule has 20 heavy (non-hydrogen) atoms. The van der Waals surface area contributed by atoms with Crippen LogP contribution >= 0.6 is 11.6 Å². The van der Waals surface area contributed by atoms with E-state index in [4.69, 9.17) is 11.6 Å². The zero-order valence-corrected chi connectivity index (χ0v) is 11.7. The average molecular weight is 282 g/mol. The van der Waals surface area contributed by atoms with Crippen LogP contribution in [0.4, 0.5) is 0 Å². The summed E-state index contributed by atoms with van der Waals surface area (Å²) in [6.45, 7) is 1.90. The van der Waals surface area contributed by atoms with Gasteiger partial charge in [-0.2, -0.15) is 0 Å². The molecule has 0 N–H and O–H groups in total. The van der Waals surface area contributed by atoms with Gasteiger partial charge in [-0.25, -0.2) is 0 Å². The van der Waals surface area contributed by atoms with E-state index in [1.165, 1.54) is 22.3 Å². The van der Waals surface area contributed by atoms with E-state index < -0.39 is 0 Å². The van der Waals surface area contributed by atoms with E-state index in [1.807, 2.05) is 11.5 Å². The minimum absolute atomic E-state index is 0.401. The molecule has 98 valence electrons. The summed E-state index contributed by atoms with van der Waals surface area (Å²) in [5, 5.41) is 8.31. The third-order valence-corrected chi connectivity index (χ3v) is 4.07. The van der Waals surface area contributed by atoms with Crippen molar-refractivity contribution in [2.24, 2.45) is 0 Å². The predicted octanol–water partition coefficient (Wildman–Crippen LogP) is 3.80. The second kappa shape index (κ2) is 4.18. The second-order valence-corrected chi connectivity index (χ2v) is 5.37. The third kappa shape index (κ3) is 1.60. The molecule has 0 fully saturated rings. The van der Waals surface area contributed by atoms with E-state index in [0.717, 1.165) is 17.9 Å². The van der Waals surface area contributed by atoms with Crippen LogP contribution in [-0.4, -0.2) is 14.8 Å². The summed E-state index contributed by atoms with van der Waals surface area (Å²) in [5.74, 6) is 0.797. The Bertz CT molecular complexity index is 801. The van der Waals surface area contributed by atoms with E-state index >= 15 is 0 Å². The van der Waals surface area contributed by atoms with Crippen LogP contribution in [0.25, 0.3) is 16.8 Å². The molecule has 0 unspecified atom stereocenters. The van der Waals surface area contributed by atoms with Gasteiger partial charge in [0.05, 0.1) is 5.69 Å². The Morgan fingerprint density at radius 3 is 2.60 bits per heavy atom. The summed E-state index contributed by atoms with van der Waals surface area (Å²) in [7, 11) is 0. The summed E-state index contributed by atoms with van der Waals surface area (Å²) in [6, 6.07) is 15.0. The molecule has 0 bridgehead atoms. The number of benzene rings is 2. The maximum absolute atomic E-state index is 6.11. The zero-order valence-electron chi connectivity index (χ0n) is 11.0. The van der Waals surface area contributed by atoms with Gasteiger partial charge < -0.3 is 0 Å². The van der Waals surface area contributed by atoms with Crippen LogP contribution < -0.4 is 0 Å². The number of halogens is 1. The standard InChI is InChI=1S/C16H12ClN3/c1-10-18-19-16(17)20(10)13-6-7-15-12(9-13)8-11-4-2-3-5-14(11)15/h2-7,9H,8H2,1H3. The van der Waals surface area contributed by atoms with Crippen molar-refractivity contribution in [2.75, 3.05) is 0 Å². The molecular formula is C16H12ClN3. The Hall–Kier alpha value is -2.13. The number of aryl methyl sites for hydroxylation is 1. The molecule has 0 saturated heterocycles. The Kier molecular flexibility index (Phi) is 2.44. The number of nitrogens with zero attached hydrogens (tertiary/aromatic N) is 3. The van der Waals surface area contributed by atoms with E-state index in [-0.39, 0.29) is 0 Å². The summed E-state index contributed by atoms with van der Waals surface area (Å²) in [4.78, 5) is 0. The van der Waals surface area contributed by atoms with Gasteiger partial charge in [-0.15, -0.1) is 10.2 Å². The summed E-state index contributed by atoms with van der Waals surface area (Å²) >= 11 is 6.11. The smallest absolute Gasteiger partial charge is 0.229 e. The largest absolute Gasteiger partial charge is 0.270 e. The quantitative estimate of drug-likeness (QED) is 0.531. The minimum Gasteiger partial charge on any atom is -0.270 e. The molecule has 0 radical (unpaired) electrons. The molecule has 3 nitrogen and oxygen atoms in total. The van der Waals surface area contributed by atoms with Crippen molar-refractivity contribution in [3.05, 3.63) is 64.7 Å². The molecule has 0 amide bonds. The molecule has 0 atom stereocenters. The van der Waals surface area contributed by atoms with Crippen molar-refractivity contribution in [3.8, 4) is 16.8 Å². The van der Waals surface area contributed by atoms with Gasteiger partial charge in [-0.1, -0.05) is 30.3 Å². The molecule has 2 aromatic carbocycles. The Morgan fingerprint density at radius 1 is 1.00 bits per heavy atom. The van der Waals surface area contributed by atoms with Gasteiger partial charge in [0, 0.05) is 0 Å². The van der Waals surface area contributed by atoms with Gasteiger partial charge in [0.2, 0.25) is 5.28 Å². The highest BCUT2D eigenvalue weighted by Gasteiger charge is 2.19. The molecule has 0 spiro atoms. The number of hydrogen-bond acceptors (Lipinski definition) is 2. The Labute approximate surface area is 121 Å². The van der Waals surface area contributed by atoms with Crippen molar-refractivity contribution in [1.82, 2.24) is 14.8 Å². The molecule has 1 aliphatic rings. The topological polar surface area (TPSA) is 30.7 Å². The average Bonchev–Trinajstić information content (AvgIpc) is 2.98. The van der Waals surface area contributed by atoms with Gasteiger partial charge >= 0.3 is 0 Å². The van der Waals surface area contributed by atoms with Crippen LogP contribution in [0.1, 0.15) is 17.0 Å². The van der Waals surface area contributed by atoms with Crippen molar-refractivity contribution >= 4 is 11.6 Å². The van der Waals surface area contributed by atoms with E-state index in [2.05, 4.69) is 52.7 Å². The predicted molar refractivity (Wildman–Crippen MR) is 79.3 cm³/mol. The maximum atomic E-state index is 6.11. The van der Waals surface area contributed by atoms with Crippen LogP contribution in [-0.2, 0) is 6.42 Å². The fourth-order valence-corrected chi connectivity index (χ4v) is 3.16. The lowest BCUT2D eigenvalue weighted by atomic mass is 10.1. The highest BCUT2D eigenvalue weighted by molar-refractivity contribution is 6.28. The van der Waals surface area contributed by atoms with Crippen LogP contribution in [0.5, 0.6) is 0 Å². The first-order valence-electron chi connectivity index (χ1n) is 6.53. The van der Waals surface area contributed by atoms with Crippen molar-refractivity contribution < 1.29 is 0 Å². The Balaban J connectivity index is 1.87. The summed E-state index contributed by atoms with van der Waals surface area (Å²) in [5.41, 5.74) is 6.37. The molecule has 0 saturated carbocycles. The third-order valence-electron chi connectivity index (χ3n) is 3.82. The molecule has 1 heterocycles. The zero-order chi connectivity index (χ0) is 13.7. The maximum Gasteiger partial charge on any atom is 0.229 e. The normalized spacial score (nSPS) is 12.3. The first-order valence-corrected chi connectivity index (χ1v) is 6.91. The van der Waals surface area contributed by atoms with Crippen molar-refractivity contribution in [2.45, 2.75) is 13.3 Å². The van der Waals surface area contributed by atoms with Gasteiger partial charge in [0.25, 0.3) is 0 Å². The molecule has 1 aliphatic carbocycles. The Morgan fingerprint density at radius 2 is 1.80 bits per heavy atom. The first-order chi connectivity index (χ1) is 9.74. The second-order valence-electron chi connectivity index (χ2n) is 5.03. The monoisotopic (exact) mass is 281 g/mol. The van der Waals surface area contributed by atoms with Crippen LogP contribution in [0.2, 0.25) is 5.28 Å². The summed E-state index contributed by atoms with van der Waals surface area (Å²) < 4.78 is 1.87. The van der Waals surface area contributed by atoms with Gasteiger partial charge in [0.15, 0.2) is 0 Å². The van der Waals surface area contributed by atoms with E-state index in [0.29, 0.717) is 5.28 Å². The number of aromatic nitrogens is 3. The fourth-order valence-electron chi connectivity index (χ4n) is 2.90. The lowest BCUT2D eigenvalue weighted by Crippen LogP contribution is -1.98. The van der Waals surface area contributed by atoms with Gasteiger partial charge in [-0.05, 0) is 59.3 Å². The van der Waals surface area contributed by atoms with Crippen LogP contribution in [0.3, 0.4) is 0 Å². The highest BCUT2D eigenvalue weighted by Crippen LogP contribution is 2.37. The molecule has 4 rings (SSSR count). The minimum atomic E-state index is 0.401. The molecule has 0 aliphatic heterocycles. The van der Waals surface area contributed by atoms with E-state index in [9.17, 15) is 0 Å². The number of rotatable bonds is 1. The van der Waals surface area contributed by atoms with E-state index in [1.54, 1.807) is 0 Å². The van der Waals surface area contributed by atoms with Crippen LogP contribution in [0, 0.1) is 6.92 Å². The molecule has 4 heteroatoms. The lowest BCUT2D eigenvalue weighted by molar-refractivity contribution is 0.967. The number of fused-ring (bicyclic) bond motifs is 3.